The second kappa shape index (κ2) is 7.72. The molecule has 0 spiro atoms. The van der Waals surface area contributed by atoms with Crippen LogP contribution in [0, 0.1) is 0 Å². The van der Waals surface area contributed by atoms with E-state index in [1.807, 2.05) is 25.1 Å². The Balaban J connectivity index is 2.17. The van der Waals surface area contributed by atoms with Gasteiger partial charge in [0, 0.05) is 17.5 Å². The van der Waals surface area contributed by atoms with Gasteiger partial charge in [-0.1, -0.05) is 25.1 Å². The van der Waals surface area contributed by atoms with Gasteiger partial charge < -0.3 is 14.2 Å². The maximum atomic E-state index is 12.7. The quantitative estimate of drug-likeness (QED) is 0.704. The van der Waals surface area contributed by atoms with Gasteiger partial charge in [0.1, 0.15) is 0 Å². The van der Waals surface area contributed by atoms with Gasteiger partial charge in [0.15, 0.2) is 17.3 Å². The van der Waals surface area contributed by atoms with E-state index in [-0.39, 0.29) is 17.3 Å². The lowest BCUT2D eigenvalue weighted by Crippen LogP contribution is -2.06. The monoisotopic (exact) mass is 362 g/mol. The standard InChI is InChI=1S/C20H20F2O4/c1-3-11-25-18-15(8-10-17(19(18)24-2)26-20(21)22)12-5-4-6-14-13(12)7-9-16(14)23/h4-6,8,10,20H,3,7,9,11H2,1-2H3. The molecule has 0 atom stereocenters. The summed E-state index contributed by atoms with van der Waals surface area (Å²) in [5.41, 5.74) is 3.20. The fraction of sp³-hybridized carbons (Fsp3) is 0.350. The van der Waals surface area contributed by atoms with Gasteiger partial charge in [0.25, 0.3) is 0 Å². The van der Waals surface area contributed by atoms with E-state index in [0.717, 1.165) is 17.5 Å². The largest absolute Gasteiger partial charge is 0.490 e. The summed E-state index contributed by atoms with van der Waals surface area (Å²) in [5, 5.41) is 0. The second-order valence-corrected chi connectivity index (χ2v) is 5.96. The third-order valence-electron chi connectivity index (χ3n) is 4.32. The first kappa shape index (κ1) is 18.2. The molecule has 4 nitrogen and oxygen atoms in total. The van der Waals surface area contributed by atoms with Crippen LogP contribution in [-0.4, -0.2) is 26.1 Å². The lowest BCUT2D eigenvalue weighted by molar-refractivity contribution is -0.0513. The van der Waals surface area contributed by atoms with Crippen molar-refractivity contribution in [2.45, 2.75) is 32.8 Å². The highest BCUT2D eigenvalue weighted by molar-refractivity contribution is 6.02. The fourth-order valence-electron chi connectivity index (χ4n) is 3.23. The molecule has 0 heterocycles. The predicted octanol–water partition coefficient (Wildman–Crippen LogP) is 4.88. The SMILES string of the molecule is CCCOc1c(-c2cccc3c2CCC3=O)ccc(OC(F)F)c1OC. The van der Waals surface area contributed by atoms with E-state index in [0.29, 0.717) is 36.3 Å². The molecule has 1 aliphatic rings. The summed E-state index contributed by atoms with van der Waals surface area (Å²) in [4.78, 5) is 12.0. The van der Waals surface area contributed by atoms with Gasteiger partial charge in [0.05, 0.1) is 13.7 Å². The van der Waals surface area contributed by atoms with E-state index in [1.54, 1.807) is 6.07 Å². The predicted molar refractivity (Wildman–Crippen MR) is 93.5 cm³/mol. The van der Waals surface area contributed by atoms with Crippen molar-refractivity contribution >= 4 is 5.78 Å². The molecule has 0 amide bonds. The number of hydrogen-bond acceptors (Lipinski definition) is 4. The minimum Gasteiger partial charge on any atom is -0.490 e. The zero-order chi connectivity index (χ0) is 18.7. The lowest BCUT2D eigenvalue weighted by atomic mass is 9.95. The molecular formula is C20H20F2O4. The Bertz CT molecular complexity index is 818. The number of Topliss-reactive ketones (excluding diaryl/α,β-unsaturated/α-hetero) is 1. The number of alkyl halides is 2. The molecule has 2 aromatic rings. The number of methoxy groups -OCH3 is 1. The van der Waals surface area contributed by atoms with E-state index in [4.69, 9.17) is 9.47 Å². The number of benzene rings is 2. The van der Waals surface area contributed by atoms with Crippen LogP contribution in [-0.2, 0) is 6.42 Å². The van der Waals surface area contributed by atoms with Gasteiger partial charge >= 0.3 is 6.61 Å². The first-order valence-corrected chi connectivity index (χ1v) is 8.50. The van der Waals surface area contributed by atoms with Crippen LogP contribution in [0.5, 0.6) is 17.2 Å². The number of halogens is 2. The Morgan fingerprint density at radius 3 is 2.50 bits per heavy atom. The number of fused-ring (bicyclic) bond motifs is 1. The van der Waals surface area contributed by atoms with Crippen molar-refractivity contribution in [1.82, 2.24) is 0 Å². The number of ketones is 1. The Morgan fingerprint density at radius 2 is 1.81 bits per heavy atom. The maximum absolute atomic E-state index is 12.7. The molecule has 0 bridgehead atoms. The highest BCUT2D eigenvalue weighted by Gasteiger charge is 2.26. The molecule has 0 unspecified atom stereocenters. The third-order valence-corrected chi connectivity index (χ3v) is 4.32. The summed E-state index contributed by atoms with van der Waals surface area (Å²) in [5.74, 6) is 0.502. The van der Waals surface area contributed by atoms with Gasteiger partial charge in [-0.05, 0) is 36.1 Å². The van der Waals surface area contributed by atoms with Crippen LogP contribution in [0.25, 0.3) is 11.1 Å². The van der Waals surface area contributed by atoms with Crippen molar-refractivity contribution in [2.24, 2.45) is 0 Å². The van der Waals surface area contributed by atoms with Gasteiger partial charge in [-0.2, -0.15) is 8.78 Å². The van der Waals surface area contributed by atoms with Crippen LogP contribution in [0.2, 0.25) is 0 Å². The van der Waals surface area contributed by atoms with E-state index >= 15 is 0 Å². The van der Waals surface area contributed by atoms with Crippen molar-refractivity contribution in [1.29, 1.82) is 0 Å². The lowest BCUT2D eigenvalue weighted by Gasteiger charge is -2.19. The van der Waals surface area contributed by atoms with Gasteiger partial charge in [0.2, 0.25) is 5.75 Å². The highest BCUT2D eigenvalue weighted by Crippen LogP contribution is 2.47. The molecule has 1 aliphatic carbocycles. The van der Waals surface area contributed by atoms with Crippen LogP contribution < -0.4 is 14.2 Å². The summed E-state index contributed by atoms with van der Waals surface area (Å²) in [6.45, 7) is -0.618. The van der Waals surface area contributed by atoms with Crippen LogP contribution >= 0.6 is 0 Å². The molecule has 0 fully saturated rings. The summed E-state index contributed by atoms with van der Waals surface area (Å²) in [7, 11) is 1.38. The maximum Gasteiger partial charge on any atom is 0.387 e. The summed E-state index contributed by atoms with van der Waals surface area (Å²) in [6, 6.07) is 8.64. The Labute approximate surface area is 150 Å². The molecule has 6 heteroatoms. The molecule has 138 valence electrons. The van der Waals surface area contributed by atoms with Crippen LogP contribution in [0.15, 0.2) is 30.3 Å². The van der Waals surface area contributed by atoms with Crippen molar-refractivity contribution in [3.8, 4) is 28.4 Å². The Kier molecular flexibility index (Phi) is 5.40. The first-order valence-electron chi connectivity index (χ1n) is 8.50. The molecule has 0 N–H and O–H groups in total. The number of ether oxygens (including phenoxy) is 3. The molecule has 2 aromatic carbocycles. The summed E-state index contributed by atoms with van der Waals surface area (Å²) in [6.07, 6.45) is 1.87. The molecule has 0 saturated carbocycles. The number of carbonyl (C=O) groups is 1. The number of hydrogen-bond donors (Lipinski definition) is 0. The average molecular weight is 362 g/mol. The van der Waals surface area contributed by atoms with Crippen molar-refractivity contribution < 1.29 is 27.8 Å². The Hall–Kier alpha value is -2.63. The molecule has 0 saturated heterocycles. The third kappa shape index (κ3) is 3.36. The normalized spacial score (nSPS) is 13.0. The van der Waals surface area contributed by atoms with Crippen molar-refractivity contribution in [3.63, 3.8) is 0 Å². The molecule has 3 rings (SSSR count). The molecule has 0 aromatic heterocycles. The smallest absolute Gasteiger partial charge is 0.387 e. The van der Waals surface area contributed by atoms with Crippen molar-refractivity contribution in [3.05, 3.63) is 41.5 Å². The summed E-state index contributed by atoms with van der Waals surface area (Å²) < 4.78 is 41.2. The minimum atomic E-state index is -2.97. The van der Waals surface area contributed by atoms with Gasteiger partial charge in [-0.3, -0.25) is 4.79 Å². The van der Waals surface area contributed by atoms with Gasteiger partial charge in [-0.25, -0.2) is 0 Å². The molecule has 26 heavy (non-hydrogen) atoms. The number of carbonyl (C=O) groups excluding carboxylic acids is 1. The van der Waals surface area contributed by atoms with E-state index in [1.165, 1.54) is 13.2 Å². The van der Waals surface area contributed by atoms with E-state index < -0.39 is 6.61 Å². The fourth-order valence-corrected chi connectivity index (χ4v) is 3.23. The minimum absolute atomic E-state index is 0.0824. The Morgan fingerprint density at radius 1 is 1.04 bits per heavy atom. The van der Waals surface area contributed by atoms with Crippen molar-refractivity contribution in [2.75, 3.05) is 13.7 Å². The van der Waals surface area contributed by atoms with Gasteiger partial charge in [-0.15, -0.1) is 0 Å². The molecule has 0 radical (unpaired) electrons. The highest BCUT2D eigenvalue weighted by atomic mass is 19.3. The van der Waals surface area contributed by atoms with E-state index in [2.05, 4.69) is 4.74 Å². The van der Waals surface area contributed by atoms with Crippen LogP contribution in [0.3, 0.4) is 0 Å². The zero-order valence-corrected chi connectivity index (χ0v) is 14.7. The first-order chi connectivity index (χ1) is 12.6. The molecule has 0 aliphatic heterocycles. The topological polar surface area (TPSA) is 44.8 Å². The second-order valence-electron chi connectivity index (χ2n) is 5.96. The van der Waals surface area contributed by atoms with E-state index in [9.17, 15) is 13.6 Å². The van der Waals surface area contributed by atoms with Crippen LogP contribution in [0.1, 0.15) is 35.7 Å². The number of rotatable bonds is 7. The zero-order valence-electron chi connectivity index (χ0n) is 14.7. The summed E-state index contributed by atoms with van der Waals surface area (Å²) >= 11 is 0. The van der Waals surface area contributed by atoms with Crippen LogP contribution in [0.4, 0.5) is 8.78 Å². The average Bonchev–Trinajstić information content (AvgIpc) is 3.01. The molecular weight excluding hydrogens is 342 g/mol.